The molecule has 0 amide bonds. The number of nitrogens with zero attached hydrogens (tertiary/aromatic N) is 4. The van der Waals surface area contributed by atoms with Crippen LogP contribution in [0.15, 0.2) is 30.5 Å². The molecule has 0 atom stereocenters. The molecule has 1 heterocycles. The molecule has 0 aliphatic rings. The zero-order chi connectivity index (χ0) is 14.4. The first kappa shape index (κ1) is 14.5. The number of hydrogen-bond acceptors (Lipinski definition) is 5. The smallest absolute Gasteiger partial charge is 0.247 e. The summed E-state index contributed by atoms with van der Waals surface area (Å²) >= 11 is 5.86. The lowest BCUT2D eigenvalue weighted by molar-refractivity contribution is 0.794. The Labute approximate surface area is 124 Å². The van der Waals surface area contributed by atoms with Crippen molar-refractivity contribution >= 4 is 23.4 Å². The van der Waals surface area contributed by atoms with Crippen molar-refractivity contribution < 1.29 is 0 Å². The maximum atomic E-state index is 5.86. The van der Waals surface area contributed by atoms with E-state index in [4.69, 9.17) is 11.6 Å². The fourth-order valence-electron chi connectivity index (χ4n) is 1.81. The van der Waals surface area contributed by atoms with Crippen LogP contribution in [0.4, 0.5) is 11.8 Å². The van der Waals surface area contributed by atoms with Crippen molar-refractivity contribution in [1.29, 1.82) is 0 Å². The minimum atomic E-state index is 0.649. The molecule has 2 rings (SSSR count). The molecule has 0 spiro atoms. The SMILES string of the molecule is CCN(CC)c1nncc(NCc2ccc(Cl)cc2)n1. The number of halogens is 1. The fraction of sp³-hybridized carbons (Fsp3) is 0.357. The molecule has 0 saturated heterocycles. The van der Waals surface area contributed by atoms with E-state index in [9.17, 15) is 0 Å². The third-order valence-electron chi connectivity index (χ3n) is 2.98. The predicted octanol–water partition coefficient (Wildman–Crippen LogP) is 2.98. The van der Waals surface area contributed by atoms with Crippen LogP contribution < -0.4 is 10.2 Å². The largest absolute Gasteiger partial charge is 0.365 e. The summed E-state index contributed by atoms with van der Waals surface area (Å²) in [6, 6.07) is 7.71. The van der Waals surface area contributed by atoms with Gasteiger partial charge < -0.3 is 10.2 Å². The maximum absolute atomic E-state index is 5.86. The Morgan fingerprint density at radius 1 is 1.15 bits per heavy atom. The van der Waals surface area contributed by atoms with Crippen molar-refractivity contribution in [3.05, 3.63) is 41.0 Å². The number of aromatic nitrogens is 3. The average molecular weight is 292 g/mol. The second-order valence-corrected chi connectivity index (χ2v) is 4.73. The van der Waals surface area contributed by atoms with Gasteiger partial charge in [-0.3, -0.25) is 0 Å². The van der Waals surface area contributed by atoms with Gasteiger partial charge in [0.25, 0.3) is 0 Å². The molecule has 1 aromatic heterocycles. The van der Waals surface area contributed by atoms with Gasteiger partial charge in [-0.2, -0.15) is 10.1 Å². The molecule has 0 aliphatic heterocycles. The van der Waals surface area contributed by atoms with E-state index >= 15 is 0 Å². The van der Waals surface area contributed by atoms with Gasteiger partial charge in [-0.15, -0.1) is 5.10 Å². The molecule has 2 aromatic rings. The molecule has 0 bridgehead atoms. The number of anilines is 2. The Kier molecular flexibility index (Phi) is 5.12. The molecule has 5 nitrogen and oxygen atoms in total. The van der Waals surface area contributed by atoms with Crippen molar-refractivity contribution in [3.8, 4) is 0 Å². The Hall–Kier alpha value is -1.88. The minimum Gasteiger partial charge on any atom is -0.365 e. The van der Waals surface area contributed by atoms with Crippen LogP contribution in [0.2, 0.25) is 5.02 Å². The molecule has 1 N–H and O–H groups in total. The predicted molar refractivity (Wildman–Crippen MR) is 82.2 cm³/mol. The van der Waals surface area contributed by atoms with Crippen LogP contribution in [-0.4, -0.2) is 28.3 Å². The van der Waals surface area contributed by atoms with Crippen molar-refractivity contribution in [1.82, 2.24) is 15.2 Å². The summed E-state index contributed by atoms with van der Waals surface area (Å²) in [5.74, 6) is 1.37. The fourth-order valence-corrected chi connectivity index (χ4v) is 1.94. The molecular formula is C14H18ClN5. The quantitative estimate of drug-likeness (QED) is 0.887. The highest BCUT2D eigenvalue weighted by Gasteiger charge is 2.06. The Bertz CT molecular complexity index is 540. The molecule has 0 aliphatic carbocycles. The van der Waals surface area contributed by atoms with Crippen LogP contribution in [0.3, 0.4) is 0 Å². The number of rotatable bonds is 6. The van der Waals surface area contributed by atoms with Gasteiger partial charge in [0.05, 0.1) is 6.20 Å². The monoisotopic (exact) mass is 291 g/mol. The van der Waals surface area contributed by atoms with Gasteiger partial charge in [-0.1, -0.05) is 23.7 Å². The topological polar surface area (TPSA) is 53.9 Å². The average Bonchev–Trinajstić information content (AvgIpc) is 2.48. The second kappa shape index (κ2) is 7.05. The molecule has 20 heavy (non-hydrogen) atoms. The van der Waals surface area contributed by atoms with Crippen molar-refractivity contribution in [2.75, 3.05) is 23.3 Å². The van der Waals surface area contributed by atoms with E-state index in [0.29, 0.717) is 12.5 Å². The van der Waals surface area contributed by atoms with Crippen molar-refractivity contribution in [2.45, 2.75) is 20.4 Å². The molecule has 0 fully saturated rings. The lowest BCUT2D eigenvalue weighted by Crippen LogP contribution is -2.24. The summed E-state index contributed by atoms with van der Waals surface area (Å²) in [5.41, 5.74) is 1.14. The van der Waals surface area contributed by atoms with Gasteiger partial charge in [-0.25, -0.2) is 0 Å². The highest BCUT2D eigenvalue weighted by Crippen LogP contribution is 2.12. The van der Waals surface area contributed by atoms with Gasteiger partial charge in [0.2, 0.25) is 5.95 Å². The first-order chi connectivity index (χ1) is 9.72. The molecule has 1 aromatic carbocycles. The van der Waals surface area contributed by atoms with Crippen LogP contribution in [0.25, 0.3) is 0 Å². The van der Waals surface area contributed by atoms with Crippen LogP contribution in [0.5, 0.6) is 0 Å². The molecule has 106 valence electrons. The van der Waals surface area contributed by atoms with E-state index in [0.717, 1.165) is 29.5 Å². The van der Waals surface area contributed by atoms with Crippen molar-refractivity contribution in [2.24, 2.45) is 0 Å². The first-order valence-electron chi connectivity index (χ1n) is 6.66. The number of nitrogens with one attached hydrogen (secondary N) is 1. The third-order valence-corrected chi connectivity index (χ3v) is 3.23. The summed E-state index contributed by atoms with van der Waals surface area (Å²) in [5, 5.41) is 12.0. The number of benzene rings is 1. The van der Waals surface area contributed by atoms with E-state index in [-0.39, 0.29) is 0 Å². The van der Waals surface area contributed by atoms with Crippen LogP contribution in [0.1, 0.15) is 19.4 Å². The summed E-state index contributed by atoms with van der Waals surface area (Å²) in [6.45, 7) is 6.53. The summed E-state index contributed by atoms with van der Waals surface area (Å²) in [4.78, 5) is 6.52. The maximum Gasteiger partial charge on any atom is 0.247 e. The Morgan fingerprint density at radius 2 is 1.85 bits per heavy atom. The summed E-state index contributed by atoms with van der Waals surface area (Å²) in [7, 11) is 0. The zero-order valence-corrected chi connectivity index (χ0v) is 12.4. The van der Waals surface area contributed by atoms with Gasteiger partial charge >= 0.3 is 0 Å². The van der Waals surface area contributed by atoms with Crippen LogP contribution >= 0.6 is 11.6 Å². The molecular weight excluding hydrogens is 274 g/mol. The zero-order valence-electron chi connectivity index (χ0n) is 11.7. The van der Waals surface area contributed by atoms with Gasteiger partial charge in [0, 0.05) is 24.7 Å². The van der Waals surface area contributed by atoms with E-state index in [1.165, 1.54) is 0 Å². The normalized spacial score (nSPS) is 10.3. The van der Waals surface area contributed by atoms with Crippen LogP contribution in [0, 0.1) is 0 Å². The first-order valence-corrected chi connectivity index (χ1v) is 7.03. The van der Waals surface area contributed by atoms with Crippen molar-refractivity contribution in [3.63, 3.8) is 0 Å². The summed E-state index contributed by atoms with van der Waals surface area (Å²) in [6.07, 6.45) is 1.63. The second-order valence-electron chi connectivity index (χ2n) is 4.29. The van der Waals surface area contributed by atoms with E-state index < -0.39 is 0 Å². The summed E-state index contributed by atoms with van der Waals surface area (Å²) < 4.78 is 0. The molecule has 0 saturated carbocycles. The lowest BCUT2D eigenvalue weighted by Gasteiger charge is -2.18. The Morgan fingerprint density at radius 3 is 2.50 bits per heavy atom. The molecule has 6 heteroatoms. The van der Waals surface area contributed by atoms with Gasteiger partial charge in [0.1, 0.15) is 0 Å². The highest BCUT2D eigenvalue weighted by molar-refractivity contribution is 6.30. The van der Waals surface area contributed by atoms with E-state index in [1.54, 1.807) is 6.20 Å². The van der Waals surface area contributed by atoms with E-state index in [1.807, 2.05) is 24.3 Å². The van der Waals surface area contributed by atoms with Gasteiger partial charge in [0.15, 0.2) is 5.82 Å². The number of hydrogen-bond donors (Lipinski definition) is 1. The molecule has 0 unspecified atom stereocenters. The van der Waals surface area contributed by atoms with Crippen LogP contribution in [-0.2, 0) is 6.54 Å². The molecule has 0 radical (unpaired) electrons. The Balaban J connectivity index is 2.02. The minimum absolute atomic E-state index is 0.649. The third kappa shape index (κ3) is 3.81. The van der Waals surface area contributed by atoms with E-state index in [2.05, 4.69) is 39.2 Å². The van der Waals surface area contributed by atoms with Gasteiger partial charge in [-0.05, 0) is 31.5 Å². The highest BCUT2D eigenvalue weighted by atomic mass is 35.5. The lowest BCUT2D eigenvalue weighted by atomic mass is 10.2. The standard InChI is InChI=1S/C14H18ClN5/c1-3-20(4-2)14-18-13(10-17-19-14)16-9-11-5-7-12(15)8-6-11/h5-8,10H,3-4,9H2,1-2H3,(H,16,18,19).